The molecule has 4 heteroatoms. The van der Waals surface area contributed by atoms with Gasteiger partial charge in [0.25, 0.3) is 0 Å². The van der Waals surface area contributed by atoms with Gasteiger partial charge in [0.2, 0.25) is 0 Å². The summed E-state index contributed by atoms with van der Waals surface area (Å²) in [4.78, 5) is 0. The Morgan fingerprint density at radius 3 is 2.79 bits per heavy atom. The molecule has 0 atom stereocenters. The van der Waals surface area contributed by atoms with E-state index in [-0.39, 0.29) is 17.8 Å². The van der Waals surface area contributed by atoms with Crippen molar-refractivity contribution < 1.29 is 9.50 Å². The van der Waals surface area contributed by atoms with Gasteiger partial charge in [0, 0.05) is 31.0 Å². The Labute approximate surface area is 169 Å². The summed E-state index contributed by atoms with van der Waals surface area (Å²) < 4.78 is 14.0. The van der Waals surface area contributed by atoms with Crippen LogP contribution in [0.1, 0.15) is 58.4 Å². The largest absolute Gasteiger partial charge is 0.396 e. The lowest BCUT2D eigenvalue weighted by atomic mass is 9.84. The van der Waals surface area contributed by atoms with Gasteiger partial charge < -0.3 is 15.7 Å². The van der Waals surface area contributed by atoms with E-state index in [0.29, 0.717) is 18.5 Å². The van der Waals surface area contributed by atoms with Gasteiger partial charge in [0.1, 0.15) is 5.83 Å². The maximum atomic E-state index is 14.0. The van der Waals surface area contributed by atoms with Crippen LogP contribution in [0.2, 0.25) is 0 Å². The van der Waals surface area contributed by atoms with Gasteiger partial charge in [-0.3, -0.25) is 0 Å². The lowest BCUT2D eigenvalue weighted by Gasteiger charge is -2.25. The van der Waals surface area contributed by atoms with Gasteiger partial charge in [-0.25, -0.2) is 4.39 Å². The van der Waals surface area contributed by atoms with Gasteiger partial charge in [-0.05, 0) is 55.2 Å². The SMILES string of the molecule is CC/C=C(/CCCO)NC1=C(F)CC(C)(C)C=C1.c1ccc2c(c1)CCCN2. The Morgan fingerprint density at radius 2 is 2.11 bits per heavy atom. The number of hydrogen-bond donors (Lipinski definition) is 3. The van der Waals surface area contributed by atoms with E-state index in [2.05, 4.69) is 34.9 Å². The summed E-state index contributed by atoms with van der Waals surface area (Å²) in [5, 5.41) is 15.4. The second-order valence-electron chi connectivity index (χ2n) is 8.09. The first-order valence-corrected chi connectivity index (χ1v) is 10.4. The number of aryl methyl sites for hydroxylation is 1. The summed E-state index contributed by atoms with van der Waals surface area (Å²) >= 11 is 0. The molecule has 0 amide bonds. The normalized spacial score (nSPS) is 18.0. The summed E-state index contributed by atoms with van der Waals surface area (Å²) in [5.41, 5.74) is 4.24. The van der Waals surface area contributed by atoms with Crippen LogP contribution in [-0.4, -0.2) is 18.3 Å². The maximum absolute atomic E-state index is 14.0. The molecule has 1 aliphatic heterocycles. The standard InChI is InChI=1S/C15H24FNO.C9H11N/c1-4-6-12(7-5-10-18)17-14-8-9-15(2,3)11-13(14)16;1-2-6-9-8(4-1)5-3-7-10-9/h6,8-9,17-18H,4-5,7,10-11H2,1-3H3;1-2,4,6,10H,3,5,7H2/b12-6-;. The first-order chi connectivity index (χ1) is 13.4. The van der Waals surface area contributed by atoms with Gasteiger partial charge in [0.15, 0.2) is 0 Å². The van der Waals surface area contributed by atoms with Crippen molar-refractivity contribution in [1.82, 2.24) is 5.32 Å². The van der Waals surface area contributed by atoms with E-state index >= 15 is 0 Å². The molecular weight excluding hydrogens is 351 g/mol. The third-order valence-corrected chi connectivity index (χ3v) is 4.91. The molecule has 0 bridgehead atoms. The molecule has 0 fully saturated rings. The third kappa shape index (κ3) is 7.16. The van der Waals surface area contributed by atoms with Crippen molar-refractivity contribution >= 4 is 5.69 Å². The minimum atomic E-state index is -0.102. The second-order valence-corrected chi connectivity index (χ2v) is 8.09. The summed E-state index contributed by atoms with van der Waals surface area (Å²) in [7, 11) is 0. The zero-order valence-electron chi connectivity index (χ0n) is 17.5. The van der Waals surface area contributed by atoms with E-state index in [1.165, 1.54) is 24.1 Å². The minimum absolute atomic E-state index is 0.0894. The van der Waals surface area contributed by atoms with Crippen LogP contribution in [0.4, 0.5) is 10.1 Å². The Balaban J connectivity index is 0.000000233. The molecule has 1 aromatic carbocycles. The fraction of sp³-hybridized carbons (Fsp3) is 0.500. The van der Waals surface area contributed by atoms with Crippen LogP contribution in [0.15, 0.2) is 59.7 Å². The number of aliphatic hydroxyl groups excluding tert-OH is 1. The lowest BCUT2D eigenvalue weighted by molar-refractivity contribution is 0.287. The molecule has 0 spiro atoms. The Morgan fingerprint density at radius 1 is 1.32 bits per heavy atom. The number of rotatable bonds is 6. The third-order valence-electron chi connectivity index (χ3n) is 4.91. The number of aliphatic hydroxyl groups is 1. The highest BCUT2D eigenvalue weighted by Gasteiger charge is 2.23. The van der Waals surface area contributed by atoms with Gasteiger partial charge in [0.05, 0.1) is 5.70 Å². The summed E-state index contributed by atoms with van der Waals surface area (Å²) in [6, 6.07) is 8.53. The predicted octanol–water partition coefficient (Wildman–Crippen LogP) is 5.85. The molecule has 1 heterocycles. The number of para-hydroxylation sites is 1. The van der Waals surface area contributed by atoms with Gasteiger partial charge in [-0.1, -0.05) is 51.1 Å². The number of allylic oxidation sites excluding steroid dienone is 5. The molecular formula is C24H35FN2O. The fourth-order valence-corrected chi connectivity index (χ4v) is 3.38. The van der Waals surface area contributed by atoms with Crippen molar-refractivity contribution in [1.29, 1.82) is 0 Å². The van der Waals surface area contributed by atoms with Gasteiger partial charge >= 0.3 is 0 Å². The van der Waals surface area contributed by atoms with E-state index in [4.69, 9.17) is 5.11 Å². The Hall–Kier alpha value is -2.07. The quantitative estimate of drug-likeness (QED) is 0.574. The number of halogens is 1. The molecule has 0 saturated heterocycles. The average Bonchev–Trinajstić information content (AvgIpc) is 2.68. The molecule has 3 rings (SSSR count). The van der Waals surface area contributed by atoms with E-state index in [1.807, 2.05) is 39.0 Å². The minimum Gasteiger partial charge on any atom is -0.396 e. The van der Waals surface area contributed by atoms with Crippen LogP contribution in [0.5, 0.6) is 0 Å². The van der Waals surface area contributed by atoms with E-state index < -0.39 is 0 Å². The van der Waals surface area contributed by atoms with Crippen molar-refractivity contribution in [3.05, 3.63) is 65.3 Å². The second kappa shape index (κ2) is 11.1. The van der Waals surface area contributed by atoms with E-state index in [9.17, 15) is 4.39 Å². The smallest absolute Gasteiger partial charge is 0.124 e. The number of fused-ring (bicyclic) bond motifs is 1. The predicted molar refractivity (Wildman–Crippen MR) is 117 cm³/mol. The molecule has 1 aromatic rings. The van der Waals surface area contributed by atoms with Crippen LogP contribution in [0.3, 0.4) is 0 Å². The molecule has 0 radical (unpaired) electrons. The highest BCUT2D eigenvalue weighted by atomic mass is 19.1. The Kier molecular flexibility index (Phi) is 8.78. The lowest BCUT2D eigenvalue weighted by Crippen LogP contribution is -2.20. The molecule has 3 N–H and O–H groups in total. The molecule has 2 aliphatic rings. The average molecular weight is 387 g/mol. The van der Waals surface area contributed by atoms with Crippen LogP contribution in [-0.2, 0) is 6.42 Å². The van der Waals surface area contributed by atoms with Crippen LogP contribution in [0, 0.1) is 5.41 Å². The van der Waals surface area contributed by atoms with Crippen molar-refractivity contribution in [2.45, 2.75) is 59.3 Å². The molecule has 3 nitrogen and oxygen atoms in total. The van der Waals surface area contributed by atoms with Gasteiger partial charge in [-0.2, -0.15) is 0 Å². The fourth-order valence-electron chi connectivity index (χ4n) is 3.38. The summed E-state index contributed by atoms with van der Waals surface area (Å²) in [6.45, 7) is 7.39. The van der Waals surface area contributed by atoms with Crippen molar-refractivity contribution in [3.8, 4) is 0 Å². The number of hydrogen-bond acceptors (Lipinski definition) is 3. The van der Waals surface area contributed by atoms with E-state index in [0.717, 1.165) is 25.1 Å². The highest BCUT2D eigenvalue weighted by Crippen LogP contribution is 2.33. The molecule has 0 saturated carbocycles. The van der Waals surface area contributed by atoms with Crippen LogP contribution in [0.25, 0.3) is 0 Å². The summed E-state index contributed by atoms with van der Waals surface area (Å²) in [5.74, 6) is -0.0894. The van der Waals surface area contributed by atoms with Crippen molar-refractivity contribution in [3.63, 3.8) is 0 Å². The van der Waals surface area contributed by atoms with Gasteiger partial charge in [-0.15, -0.1) is 0 Å². The number of nitrogens with one attached hydrogen (secondary N) is 2. The maximum Gasteiger partial charge on any atom is 0.124 e. The van der Waals surface area contributed by atoms with Crippen molar-refractivity contribution in [2.24, 2.45) is 5.41 Å². The first kappa shape index (κ1) is 22.2. The van der Waals surface area contributed by atoms with E-state index in [1.54, 1.807) is 0 Å². The monoisotopic (exact) mass is 386 g/mol. The van der Waals surface area contributed by atoms with Crippen LogP contribution < -0.4 is 10.6 Å². The molecule has 0 unspecified atom stereocenters. The first-order valence-electron chi connectivity index (χ1n) is 10.4. The molecule has 1 aliphatic carbocycles. The number of benzene rings is 1. The number of anilines is 1. The molecule has 28 heavy (non-hydrogen) atoms. The van der Waals surface area contributed by atoms with Crippen molar-refractivity contribution in [2.75, 3.05) is 18.5 Å². The zero-order valence-corrected chi connectivity index (χ0v) is 17.5. The molecule has 0 aromatic heterocycles. The topological polar surface area (TPSA) is 44.3 Å². The zero-order chi connectivity index (χ0) is 20.4. The van der Waals surface area contributed by atoms with Crippen LogP contribution >= 0.6 is 0 Å². The Bertz CT molecular complexity index is 694. The highest BCUT2D eigenvalue weighted by molar-refractivity contribution is 5.52. The summed E-state index contributed by atoms with van der Waals surface area (Å²) in [6.07, 6.45) is 11.2. The molecule has 154 valence electrons.